The highest BCUT2D eigenvalue weighted by Crippen LogP contribution is 2.13. The van der Waals surface area contributed by atoms with E-state index in [4.69, 9.17) is 4.74 Å². The molecule has 0 unspecified atom stereocenters. The molecule has 3 N–H and O–H groups in total. The minimum Gasteiger partial charge on any atom is -0.370 e. The van der Waals surface area contributed by atoms with Gasteiger partial charge in [0.1, 0.15) is 19.6 Å². The highest BCUT2D eigenvalue weighted by molar-refractivity contribution is 6.04. The van der Waals surface area contributed by atoms with Gasteiger partial charge in [0, 0.05) is 17.5 Å². The van der Waals surface area contributed by atoms with Crippen molar-refractivity contribution in [2.45, 2.75) is 13.1 Å². The van der Waals surface area contributed by atoms with E-state index in [2.05, 4.69) is 21.6 Å². The zero-order valence-corrected chi connectivity index (χ0v) is 15.5. The second-order valence-electron chi connectivity index (χ2n) is 6.94. The Morgan fingerprint density at radius 1 is 1.04 bits per heavy atom. The molecule has 1 saturated heterocycles. The number of hydrogen-bond acceptors (Lipinski definition) is 4. The molecule has 1 aromatic heterocycles. The van der Waals surface area contributed by atoms with Gasteiger partial charge in [-0.3, -0.25) is 9.59 Å². The molecule has 28 heavy (non-hydrogen) atoms. The Balaban J connectivity index is 1.50. The summed E-state index contributed by atoms with van der Waals surface area (Å²) in [7, 11) is 0. The summed E-state index contributed by atoms with van der Waals surface area (Å²) < 4.78 is 5.43. The highest BCUT2D eigenvalue weighted by Gasteiger charge is 2.17. The van der Waals surface area contributed by atoms with Gasteiger partial charge in [-0.05, 0) is 11.6 Å². The summed E-state index contributed by atoms with van der Waals surface area (Å²) in [4.78, 5) is 26.1. The number of aromatic nitrogens is 2. The van der Waals surface area contributed by atoms with Gasteiger partial charge in [0.25, 0.3) is 11.5 Å². The predicted octanol–water partition coefficient (Wildman–Crippen LogP) is 0.268. The Hall–Kier alpha value is -3.03. The second-order valence-corrected chi connectivity index (χ2v) is 6.94. The molecule has 1 aliphatic rings. The van der Waals surface area contributed by atoms with Gasteiger partial charge in [-0.25, -0.2) is 5.10 Å². The number of fused-ring (bicyclic) bond motifs is 1. The number of quaternary nitrogens is 1. The molecule has 0 spiro atoms. The molecule has 3 aromatic rings. The average molecular weight is 379 g/mol. The standard InChI is InChI=1S/C21H22N4O3/c26-20-18-8-4-3-7-17(18)19(23-24-20)21(27)22-13-15-5-1-2-6-16(15)14-25-9-11-28-12-10-25/h1-8H,9-14H2,(H,22,27)(H,24,26)/p+1. The monoisotopic (exact) mass is 379 g/mol. The number of carbonyl (C=O) groups is 1. The zero-order chi connectivity index (χ0) is 19.3. The van der Waals surface area contributed by atoms with Gasteiger partial charge < -0.3 is 15.0 Å². The number of aromatic amines is 1. The first-order valence-corrected chi connectivity index (χ1v) is 9.46. The Morgan fingerprint density at radius 3 is 2.50 bits per heavy atom. The summed E-state index contributed by atoms with van der Waals surface area (Å²) in [6, 6.07) is 15.1. The van der Waals surface area contributed by atoms with Crippen molar-refractivity contribution < 1.29 is 14.4 Å². The summed E-state index contributed by atoms with van der Waals surface area (Å²) in [5, 5.41) is 10.3. The van der Waals surface area contributed by atoms with Crippen molar-refractivity contribution in [2.75, 3.05) is 26.3 Å². The van der Waals surface area contributed by atoms with Crippen molar-refractivity contribution in [2.24, 2.45) is 0 Å². The lowest BCUT2D eigenvalue weighted by atomic mass is 10.1. The molecule has 7 heteroatoms. The van der Waals surface area contributed by atoms with Gasteiger partial charge >= 0.3 is 0 Å². The fraction of sp³-hybridized carbons (Fsp3) is 0.286. The molecular formula is C21H23N4O3+. The number of rotatable bonds is 5. The van der Waals surface area contributed by atoms with Gasteiger partial charge in [-0.1, -0.05) is 42.5 Å². The van der Waals surface area contributed by atoms with Crippen LogP contribution in [-0.2, 0) is 17.8 Å². The van der Waals surface area contributed by atoms with E-state index in [0.717, 1.165) is 38.4 Å². The van der Waals surface area contributed by atoms with E-state index in [1.807, 2.05) is 18.2 Å². The number of carbonyl (C=O) groups excluding carboxylic acids is 1. The minimum atomic E-state index is -0.305. The molecular weight excluding hydrogens is 356 g/mol. The van der Waals surface area contributed by atoms with Crippen molar-refractivity contribution in [3.05, 3.63) is 75.7 Å². The van der Waals surface area contributed by atoms with Crippen LogP contribution in [0.3, 0.4) is 0 Å². The first-order chi connectivity index (χ1) is 13.7. The Morgan fingerprint density at radius 2 is 1.71 bits per heavy atom. The number of nitrogens with zero attached hydrogens (tertiary/aromatic N) is 1. The van der Waals surface area contributed by atoms with E-state index in [0.29, 0.717) is 17.3 Å². The van der Waals surface area contributed by atoms with Crippen LogP contribution in [0, 0.1) is 0 Å². The third-order valence-corrected chi connectivity index (χ3v) is 5.11. The summed E-state index contributed by atoms with van der Waals surface area (Å²) in [6.45, 7) is 4.89. The summed E-state index contributed by atoms with van der Waals surface area (Å²) in [5.41, 5.74) is 2.24. The summed E-state index contributed by atoms with van der Waals surface area (Å²) in [6.07, 6.45) is 0. The van der Waals surface area contributed by atoms with Crippen LogP contribution in [0.2, 0.25) is 0 Å². The lowest BCUT2D eigenvalue weighted by Crippen LogP contribution is -3.12. The lowest BCUT2D eigenvalue weighted by Gasteiger charge is -2.24. The van der Waals surface area contributed by atoms with E-state index in [-0.39, 0.29) is 17.2 Å². The normalized spacial score (nSPS) is 14.9. The molecule has 2 heterocycles. The van der Waals surface area contributed by atoms with Crippen molar-refractivity contribution in [3.8, 4) is 0 Å². The Kier molecular flexibility index (Phi) is 5.45. The molecule has 7 nitrogen and oxygen atoms in total. The van der Waals surface area contributed by atoms with Crippen LogP contribution in [0.25, 0.3) is 10.8 Å². The van der Waals surface area contributed by atoms with Crippen LogP contribution >= 0.6 is 0 Å². The molecule has 1 fully saturated rings. The maximum absolute atomic E-state index is 12.7. The van der Waals surface area contributed by atoms with E-state index in [1.165, 1.54) is 10.5 Å². The quantitative estimate of drug-likeness (QED) is 0.594. The molecule has 0 aliphatic carbocycles. The summed E-state index contributed by atoms with van der Waals surface area (Å²) in [5.74, 6) is -0.305. The fourth-order valence-electron chi connectivity index (χ4n) is 3.56. The number of H-pyrrole nitrogens is 1. The van der Waals surface area contributed by atoms with Crippen molar-refractivity contribution in [3.63, 3.8) is 0 Å². The maximum Gasteiger partial charge on any atom is 0.272 e. The third-order valence-electron chi connectivity index (χ3n) is 5.11. The van der Waals surface area contributed by atoms with Gasteiger partial charge in [0.15, 0.2) is 5.69 Å². The maximum atomic E-state index is 12.7. The van der Waals surface area contributed by atoms with Crippen LogP contribution in [0.4, 0.5) is 0 Å². The highest BCUT2D eigenvalue weighted by atomic mass is 16.5. The van der Waals surface area contributed by atoms with Gasteiger partial charge in [0.05, 0.1) is 18.6 Å². The van der Waals surface area contributed by atoms with Gasteiger partial charge in [-0.15, -0.1) is 0 Å². The van der Waals surface area contributed by atoms with Crippen LogP contribution < -0.4 is 15.8 Å². The molecule has 0 radical (unpaired) electrons. The molecule has 1 aliphatic heterocycles. The largest absolute Gasteiger partial charge is 0.370 e. The Bertz CT molecular complexity index is 1040. The third kappa shape index (κ3) is 3.95. The van der Waals surface area contributed by atoms with Crippen LogP contribution in [-0.4, -0.2) is 42.4 Å². The van der Waals surface area contributed by atoms with Gasteiger partial charge in [-0.2, -0.15) is 5.10 Å². The molecule has 2 aromatic carbocycles. The van der Waals surface area contributed by atoms with E-state index in [1.54, 1.807) is 24.3 Å². The molecule has 0 bridgehead atoms. The molecule has 144 valence electrons. The smallest absolute Gasteiger partial charge is 0.272 e. The van der Waals surface area contributed by atoms with Crippen LogP contribution in [0.1, 0.15) is 21.6 Å². The topological polar surface area (TPSA) is 88.5 Å². The SMILES string of the molecule is O=C(NCc1ccccc1C[NH+]1CCOCC1)c1n[nH]c(=O)c2ccccc12. The predicted molar refractivity (Wildman–Crippen MR) is 105 cm³/mol. The summed E-state index contributed by atoms with van der Waals surface area (Å²) >= 11 is 0. The number of nitrogens with one attached hydrogen (secondary N) is 3. The molecule has 1 amide bonds. The molecule has 0 atom stereocenters. The molecule has 0 saturated carbocycles. The van der Waals surface area contributed by atoms with E-state index >= 15 is 0 Å². The first kappa shape index (κ1) is 18.3. The number of benzene rings is 2. The van der Waals surface area contributed by atoms with Crippen molar-refractivity contribution in [1.82, 2.24) is 15.5 Å². The molecule has 4 rings (SSSR count). The van der Waals surface area contributed by atoms with E-state index in [9.17, 15) is 9.59 Å². The van der Waals surface area contributed by atoms with Gasteiger partial charge in [0.2, 0.25) is 0 Å². The first-order valence-electron chi connectivity index (χ1n) is 9.46. The number of ether oxygens (including phenoxy) is 1. The van der Waals surface area contributed by atoms with Crippen LogP contribution in [0.15, 0.2) is 53.3 Å². The van der Waals surface area contributed by atoms with Crippen molar-refractivity contribution in [1.29, 1.82) is 0 Å². The number of amides is 1. The zero-order valence-electron chi connectivity index (χ0n) is 15.5. The van der Waals surface area contributed by atoms with Crippen molar-refractivity contribution >= 4 is 16.7 Å². The minimum absolute atomic E-state index is 0.228. The second kappa shape index (κ2) is 8.33. The average Bonchev–Trinajstić information content (AvgIpc) is 2.74. The lowest BCUT2D eigenvalue weighted by molar-refractivity contribution is -0.921. The van der Waals surface area contributed by atoms with E-state index < -0.39 is 0 Å². The number of hydrogen-bond donors (Lipinski definition) is 3. The van der Waals surface area contributed by atoms with Crippen LogP contribution in [0.5, 0.6) is 0 Å². The number of morpholine rings is 1. The Labute approximate surface area is 162 Å². The fourth-order valence-corrected chi connectivity index (χ4v) is 3.56.